The molecule has 1 amide bonds. The van der Waals surface area contributed by atoms with Crippen LogP contribution in [0.4, 0.5) is 10.1 Å². The van der Waals surface area contributed by atoms with Crippen molar-refractivity contribution in [3.8, 4) is 34.0 Å². The number of pyridine rings is 3. The summed E-state index contributed by atoms with van der Waals surface area (Å²) < 4.78 is 14.2. The molecule has 0 spiro atoms. The van der Waals surface area contributed by atoms with E-state index in [0.29, 0.717) is 50.8 Å². The van der Waals surface area contributed by atoms with Gasteiger partial charge in [-0.3, -0.25) is 19.9 Å². The van der Waals surface area contributed by atoms with Crippen molar-refractivity contribution >= 4 is 33.7 Å². The van der Waals surface area contributed by atoms with E-state index in [4.69, 9.17) is 9.97 Å². The number of halogens is 1. The summed E-state index contributed by atoms with van der Waals surface area (Å²) >= 11 is 0. The van der Waals surface area contributed by atoms with Crippen LogP contribution in [0.5, 0.6) is 0 Å². The number of hydrogen-bond donors (Lipinski definition) is 3. The topological polar surface area (TPSA) is 125 Å². The van der Waals surface area contributed by atoms with Gasteiger partial charge in [-0.1, -0.05) is 18.2 Å². The van der Waals surface area contributed by atoms with Crippen molar-refractivity contribution in [2.45, 2.75) is 6.92 Å². The normalized spacial score (nSPS) is 11.3. The average molecular weight is 541 g/mol. The summed E-state index contributed by atoms with van der Waals surface area (Å²) in [7, 11) is 0. The Hall–Kier alpha value is -5.77. The van der Waals surface area contributed by atoms with Crippen LogP contribution in [0.15, 0.2) is 91.4 Å². The van der Waals surface area contributed by atoms with Gasteiger partial charge in [0.05, 0.1) is 34.3 Å². The Balaban J connectivity index is 1.25. The lowest BCUT2D eigenvalue weighted by atomic mass is 10.1. The molecule has 10 heteroatoms. The Morgan fingerprint density at radius 1 is 0.854 bits per heavy atom. The van der Waals surface area contributed by atoms with Gasteiger partial charge in [0, 0.05) is 29.1 Å². The number of anilines is 1. The predicted molar refractivity (Wildman–Crippen MR) is 155 cm³/mol. The number of aromatic nitrogens is 7. The second-order valence-corrected chi connectivity index (χ2v) is 9.61. The SMILES string of the molecule is Cc1cc(F)cc(-c2nccc3[nH]c(-c4n[nH]c5ccc(-c6cncc(NC(=O)c7ccccc7)c6)nc45)nc23)c1. The first-order chi connectivity index (χ1) is 20.0. The third-order valence-electron chi connectivity index (χ3n) is 6.68. The highest BCUT2D eigenvalue weighted by atomic mass is 19.1. The van der Waals surface area contributed by atoms with Gasteiger partial charge >= 0.3 is 0 Å². The van der Waals surface area contributed by atoms with Crippen LogP contribution in [-0.2, 0) is 0 Å². The first kappa shape index (κ1) is 24.3. The van der Waals surface area contributed by atoms with Gasteiger partial charge in [-0.2, -0.15) is 5.10 Å². The predicted octanol–water partition coefficient (Wildman–Crippen LogP) is 6.33. The van der Waals surface area contributed by atoms with E-state index in [9.17, 15) is 9.18 Å². The molecule has 198 valence electrons. The fourth-order valence-corrected chi connectivity index (χ4v) is 4.80. The van der Waals surface area contributed by atoms with Gasteiger partial charge in [0.2, 0.25) is 0 Å². The molecule has 0 saturated carbocycles. The molecule has 7 rings (SSSR count). The van der Waals surface area contributed by atoms with Crippen LogP contribution in [0.3, 0.4) is 0 Å². The zero-order valence-electron chi connectivity index (χ0n) is 21.7. The highest BCUT2D eigenvalue weighted by Gasteiger charge is 2.18. The van der Waals surface area contributed by atoms with Crippen LogP contribution in [-0.4, -0.2) is 41.0 Å². The largest absolute Gasteiger partial charge is 0.336 e. The number of hydrogen-bond acceptors (Lipinski definition) is 6. The van der Waals surface area contributed by atoms with E-state index in [-0.39, 0.29) is 11.7 Å². The second-order valence-electron chi connectivity index (χ2n) is 9.61. The Labute approximate surface area is 232 Å². The van der Waals surface area contributed by atoms with E-state index < -0.39 is 0 Å². The molecule has 7 aromatic rings. The van der Waals surface area contributed by atoms with Gasteiger partial charge in [-0.25, -0.2) is 14.4 Å². The Bertz CT molecular complexity index is 2060. The number of carbonyl (C=O) groups excluding carboxylic acids is 1. The molecule has 0 saturated heterocycles. The third kappa shape index (κ3) is 4.57. The van der Waals surface area contributed by atoms with Gasteiger partial charge in [0.1, 0.15) is 16.9 Å². The zero-order valence-corrected chi connectivity index (χ0v) is 21.7. The van der Waals surface area contributed by atoms with E-state index in [1.54, 1.807) is 30.7 Å². The van der Waals surface area contributed by atoms with Gasteiger partial charge in [0.25, 0.3) is 5.91 Å². The van der Waals surface area contributed by atoms with E-state index in [2.05, 4.69) is 30.5 Å². The minimum Gasteiger partial charge on any atom is -0.336 e. The van der Waals surface area contributed by atoms with Crippen molar-refractivity contribution in [2.75, 3.05) is 5.32 Å². The first-order valence-electron chi connectivity index (χ1n) is 12.8. The first-order valence-corrected chi connectivity index (χ1v) is 12.8. The highest BCUT2D eigenvalue weighted by Crippen LogP contribution is 2.31. The van der Waals surface area contributed by atoms with Gasteiger partial charge in [-0.05, 0) is 67.1 Å². The molecule has 0 aliphatic heterocycles. The Morgan fingerprint density at radius 3 is 2.56 bits per heavy atom. The number of benzene rings is 2. The van der Waals surface area contributed by atoms with Crippen molar-refractivity contribution in [1.82, 2.24) is 35.1 Å². The van der Waals surface area contributed by atoms with E-state index >= 15 is 0 Å². The smallest absolute Gasteiger partial charge is 0.255 e. The maximum Gasteiger partial charge on any atom is 0.255 e. The summed E-state index contributed by atoms with van der Waals surface area (Å²) in [5.41, 5.74) is 7.69. The van der Waals surface area contributed by atoms with Crippen LogP contribution in [0.2, 0.25) is 0 Å². The number of carbonyl (C=O) groups is 1. The molecule has 41 heavy (non-hydrogen) atoms. The van der Waals surface area contributed by atoms with E-state index in [0.717, 1.165) is 22.2 Å². The molecule has 0 aliphatic carbocycles. The maximum atomic E-state index is 14.2. The minimum absolute atomic E-state index is 0.225. The lowest BCUT2D eigenvalue weighted by Gasteiger charge is -2.07. The van der Waals surface area contributed by atoms with Crippen molar-refractivity contribution < 1.29 is 9.18 Å². The molecule has 5 aromatic heterocycles. The summed E-state index contributed by atoms with van der Waals surface area (Å²) in [6, 6.07) is 21.2. The van der Waals surface area contributed by atoms with Crippen LogP contribution >= 0.6 is 0 Å². The molecule has 5 heterocycles. The second kappa shape index (κ2) is 9.76. The quantitative estimate of drug-likeness (QED) is 0.234. The van der Waals surface area contributed by atoms with Gasteiger partial charge in [-0.15, -0.1) is 0 Å². The molecule has 0 fully saturated rings. The molecule has 0 unspecified atom stereocenters. The Kier molecular flexibility index (Phi) is 5.78. The molecule has 0 bridgehead atoms. The monoisotopic (exact) mass is 540 g/mol. The van der Waals surface area contributed by atoms with Crippen LogP contribution in [0.25, 0.3) is 56.1 Å². The van der Waals surface area contributed by atoms with E-state index in [1.165, 1.54) is 12.1 Å². The number of aryl methyl sites for hydroxylation is 1. The third-order valence-corrected chi connectivity index (χ3v) is 6.68. The van der Waals surface area contributed by atoms with Crippen molar-refractivity contribution in [3.63, 3.8) is 0 Å². The van der Waals surface area contributed by atoms with Crippen molar-refractivity contribution in [2.24, 2.45) is 0 Å². The van der Waals surface area contributed by atoms with Crippen LogP contribution in [0.1, 0.15) is 15.9 Å². The zero-order chi connectivity index (χ0) is 27.9. The summed E-state index contributed by atoms with van der Waals surface area (Å²) in [6.45, 7) is 1.84. The molecule has 0 radical (unpaired) electrons. The number of nitrogens with zero attached hydrogens (tertiary/aromatic N) is 5. The Morgan fingerprint density at radius 2 is 1.71 bits per heavy atom. The number of nitrogens with one attached hydrogen (secondary N) is 3. The van der Waals surface area contributed by atoms with Crippen molar-refractivity contribution in [3.05, 3.63) is 108 Å². The molecule has 0 atom stereocenters. The summed E-state index contributed by atoms with van der Waals surface area (Å²) in [5.74, 6) is -0.0553. The number of aromatic amines is 2. The molecule has 2 aromatic carbocycles. The molecular weight excluding hydrogens is 519 g/mol. The van der Waals surface area contributed by atoms with E-state index in [1.807, 2.05) is 55.5 Å². The minimum atomic E-state index is -0.331. The number of imidazole rings is 1. The number of fused-ring (bicyclic) bond motifs is 2. The average Bonchev–Trinajstić information content (AvgIpc) is 3.61. The summed E-state index contributed by atoms with van der Waals surface area (Å²) in [5, 5.41) is 10.4. The van der Waals surface area contributed by atoms with Crippen LogP contribution in [0, 0.1) is 12.7 Å². The lowest BCUT2D eigenvalue weighted by Crippen LogP contribution is -2.11. The molecule has 0 aliphatic rings. The molecule has 9 nitrogen and oxygen atoms in total. The molecular formula is C31H21FN8O. The maximum absolute atomic E-state index is 14.2. The highest BCUT2D eigenvalue weighted by molar-refractivity contribution is 6.04. The number of H-pyrrole nitrogens is 2. The summed E-state index contributed by atoms with van der Waals surface area (Å²) in [4.78, 5) is 34.4. The van der Waals surface area contributed by atoms with Gasteiger partial charge in [0.15, 0.2) is 11.5 Å². The standard InChI is InChI=1S/C31H21FN8O/c1-17-11-19(13-21(32)12-17)26-27-24(9-10-34-26)37-30(38-27)29-28-25(39-40-29)8-7-23(36-28)20-14-22(16-33-15-20)35-31(41)18-5-3-2-4-6-18/h2-16H,1H3,(H,35,41)(H,37,38)(H,39,40). The summed E-state index contributed by atoms with van der Waals surface area (Å²) in [6.07, 6.45) is 4.94. The fourth-order valence-electron chi connectivity index (χ4n) is 4.80. The fraction of sp³-hybridized carbons (Fsp3) is 0.0323. The van der Waals surface area contributed by atoms with Crippen LogP contribution < -0.4 is 5.32 Å². The van der Waals surface area contributed by atoms with Crippen molar-refractivity contribution in [1.29, 1.82) is 0 Å². The number of rotatable bonds is 5. The van der Waals surface area contributed by atoms with Gasteiger partial charge < -0.3 is 10.3 Å². The number of amides is 1. The molecule has 3 N–H and O–H groups in total. The lowest BCUT2D eigenvalue weighted by molar-refractivity contribution is 0.102.